The van der Waals surface area contributed by atoms with Crippen molar-refractivity contribution in [2.75, 3.05) is 0 Å². The van der Waals surface area contributed by atoms with E-state index in [1.54, 1.807) is 0 Å². The highest BCUT2D eigenvalue weighted by molar-refractivity contribution is 5.89. The first-order chi connectivity index (χ1) is 7.64. The van der Waals surface area contributed by atoms with Crippen LogP contribution in [0.3, 0.4) is 0 Å². The molecule has 0 aliphatic carbocycles. The molecule has 0 aliphatic rings. The molecule has 0 saturated heterocycles. The van der Waals surface area contributed by atoms with Crippen LogP contribution in [-0.2, 0) is 6.18 Å². The topological polar surface area (TPSA) is 50.2 Å². The molecule has 0 spiro atoms. The molecular weight excluding hydrogens is 256 g/mol. The summed E-state index contributed by atoms with van der Waals surface area (Å²) in [6, 6.07) is -0.125. The van der Waals surface area contributed by atoms with Gasteiger partial charge in [0.2, 0.25) is 0 Å². The third kappa shape index (κ3) is 2.66. The lowest BCUT2D eigenvalue weighted by Gasteiger charge is -2.11. The van der Waals surface area contributed by atoms with Gasteiger partial charge in [0.25, 0.3) is 6.43 Å². The normalized spacial score (nSPS) is 11.9. The van der Waals surface area contributed by atoms with Gasteiger partial charge in [0.05, 0.1) is 5.56 Å². The van der Waals surface area contributed by atoms with Gasteiger partial charge in [-0.2, -0.15) is 13.2 Å². The van der Waals surface area contributed by atoms with Crippen molar-refractivity contribution >= 4 is 5.97 Å². The Bertz CT molecular complexity index is 456. The van der Waals surface area contributed by atoms with Crippen LogP contribution < -0.4 is 0 Å². The van der Waals surface area contributed by atoms with Gasteiger partial charge in [-0.1, -0.05) is 0 Å². The smallest absolute Gasteiger partial charge is 0.434 e. The molecule has 9 heteroatoms. The van der Waals surface area contributed by atoms with Gasteiger partial charge in [0, 0.05) is 0 Å². The van der Waals surface area contributed by atoms with E-state index < -0.39 is 41.3 Å². The van der Waals surface area contributed by atoms with E-state index >= 15 is 0 Å². The van der Waals surface area contributed by atoms with Crippen molar-refractivity contribution in [3.63, 3.8) is 0 Å². The summed E-state index contributed by atoms with van der Waals surface area (Å²) in [5.41, 5.74) is -5.30. The van der Waals surface area contributed by atoms with Gasteiger partial charge in [0.1, 0.15) is 5.69 Å². The summed E-state index contributed by atoms with van der Waals surface area (Å²) in [6.45, 7) is 0. The van der Waals surface area contributed by atoms with Crippen LogP contribution in [0.15, 0.2) is 6.07 Å². The van der Waals surface area contributed by atoms with E-state index in [1.165, 1.54) is 0 Å². The molecule has 0 bridgehead atoms. The fourth-order valence-corrected chi connectivity index (χ4v) is 1.04. The molecule has 1 aromatic heterocycles. The standard InChI is InChI=1S/C8H3F6NO2/c9-3-1-2(7(16)17)5(8(12,13)14)15-4(3)6(10)11/h1,6H,(H,16,17). The van der Waals surface area contributed by atoms with Crippen molar-refractivity contribution in [1.29, 1.82) is 0 Å². The van der Waals surface area contributed by atoms with E-state index in [0.29, 0.717) is 0 Å². The minimum Gasteiger partial charge on any atom is -0.478 e. The van der Waals surface area contributed by atoms with Crippen LogP contribution in [0.1, 0.15) is 28.2 Å². The van der Waals surface area contributed by atoms with Gasteiger partial charge in [-0.3, -0.25) is 0 Å². The van der Waals surface area contributed by atoms with Crippen LogP contribution in [0.5, 0.6) is 0 Å². The zero-order chi connectivity index (χ0) is 13.4. The van der Waals surface area contributed by atoms with Gasteiger partial charge in [-0.25, -0.2) is 22.9 Å². The maximum absolute atomic E-state index is 12.9. The zero-order valence-electron chi connectivity index (χ0n) is 7.73. The highest BCUT2D eigenvalue weighted by atomic mass is 19.4. The molecule has 0 saturated carbocycles. The summed E-state index contributed by atoms with van der Waals surface area (Å²) >= 11 is 0. The molecule has 1 heterocycles. The van der Waals surface area contributed by atoms with E-state index in [1.807, 2.05) is 0 Å². The summed E-state index contributed by atoms with van der Waals surface area (Å²) < 4.78 is 74.0. The van der Waals surface area contributed by atoms with Crippen molar-refractivity contribution in [2.45, 2.75) is 12.6 Å². The van der Waals surface area contributed by atoms with Gasteiger partial charge in [0.15, 0.2) is 11.5 Å². The van der Waals surface area contributed by atoms with E-state index in [9.17, 15) is 31.1 Å². The molecule has 1 N–H and O–H groups in total. The number of hydrogen-bond acceptors (Lipinski definition) is 2. The summed E-state index contributed by atoms with van der Waals surface area (Å²) in [5, 5.41) is 8.39. The van der Waals surface area contributed by atoms with E-state index in [2.05, 4.69) is 4.98 Å². The molecule has 3 nitrogen and oxygen atoms in total. The predicted octanol–water partition coefficient (Wildman–Crippen LogP) is 2.88. The number of aromatic carboxylic acids is 1. The SMILES string of the molecule is O=C(O)c1cc(F)c(C(F)F)nc1C(F)(F)F. The van der Waals surface area contributed by atoms with E-state index in [4.69, 9.17) is 5.11 Å². The maximum atomic E-state index is 12.9. The highest BCUT2D eigenvalue weighted by Gasteiger charge is 2.39. The fraction of sp³-hybridized carbons (Fsp3) is 0.250. The number of carboxylic acid groups (broad SMARTS) is 1. The number of halogens is 6. The molecule has 17 heavy (non-hydrogen) atoms. The number of carboxylic acids is 1. The third-order valence-electron chi connectivity index (χ3n) is 1.71. The number of alkyl halides is 5. The lowest BCUT2D eigenvalue weighted by atomic mass is 10.1. The Morgan fingerprint density at radius 3 is 2.24 bits per heavy atom. The number of aromatic nitrogens is 1. The Kier molecular flexibility index (Phi) is 3.30. The zero-order valence-corrected chi connectivity index (χ0v) is 7.73. The maximum Gasteiger partial charge on any atom is 0.434 e. The molecule has 0 unspecified atom stereocenters. The molecule has 0 aliphatic heterocycles. The molecule has 1 aromatic rings. The number of hydrogen-bond donors (Lipinski definition) is 1. The number of nitrogens with zero attached hydrogens (tertiary/aromatic N) is 1. The van der Waals surface area contributed by atoms with Gasteiger partial charge in [-0.05, 0) is 6.07 Å². The second kappa shape index (κ2) is 4.22. The van der Waals surface area contributed by atoms with Gasteiger partial charge in [-0.15, -0.1) is 0 Å². The predicted molar refractivity (Wildman–Crippen MR) is 41.1 cm³/mol. The number of pyridine rings is 1. The summed E-state index contributed by atoms with van der Waals surface area (Å²) in [7, 11) is 0. The molecule has 0 radical (unpaired) electrons. The lowest BCUT2D eigenvalue weighted by Crippen LogP contribution is -2.18. The molecule has 94 valence electrons. The van der Waals surface area contributed by atoms with Crippen molar-refractivity contribution in [1.82, 2.24) is 4.98 Å². The van der Waals surface area contributed by atoms with Crippen LogP contribution in [0.2, 0.25) is 0 Å². The molecule has 0 aromatic carbocycles. The summed E-state index contributed by atoms with van der Waals surface area (Å²) in [6.07, 6.45) is -8.83. The Balaban J connectivity index is 3.54. The Morgan fingerprint density at radius 1 is 1.35 bits per heavy atom. The first-order valence-corrected chi connectivity index (χ1v) is 3.93. The lowest BCUT2D eigenvalue weighted by molar-refractivity contribution is -0.142. The van der Waals surface area contributed by atoms with Gasteiger partial charge < -0.3 is 5.11 Å². The second-order valence-electron chi connectivity index (χ2n) is 2.86. The second-order valence-corrected chi connectivity index (χ2v) is 2.86. The minimum atomic E-state index is -5.26. The molecule has 0 amide bonds. The average Bonchev–Trinajstić information content (AvgIpc) is 2.14. The molecule has 1 rings (SSSR count). The Hall–Kier alpha value is -1.80. The molecular formula is C8H3F6NO2. The summed E-state index contributed by atoms with van der Waals surface area (Å²) in [5.74, 6) is -3.91. The van der Waals surface area contributed by atoms with E-state index in [-0.39, 0.29) is 6.07 Å². The van der Waals surface area contributed by atoms with E-state index in [0.717, 1.165) is 0 Å². The fourth-order valence-electron chi connectivity index (χ4n) is 1.04. The first kappa shape index (κ1) is 13.3. The summed E-state index contributed by atoms with van der Waals surface area (Å²) in [4.78, 5) is 12.7. The molecule has 0 atom stereocenters. The van der Waals surface area contributed by atoms with Crippen molar-refractivity contribution in [2.24, 2.45) is 0 Å². The Labute approximate surface area is 89.7 Å². The quantitative estimate of drug-likeness (QED) is 0.831. The van der Waals surface area contributed by atoms with Crippen LogP contribution >= 0.6 is 0 Å². The van der Waals surface area contributed by atoms with Crippen LogP contribution in [0.25, 0.3) is 0 Å². The van der Waals surface area contributed by atoms with Gasteiger partial charge >= 0.3 is 12.1 Å². The minimum absolute atomic E-state index is 0.125. The Morgan fingerprint density at radius 2 is 1.88 bits per heavy atom. The van der Waals surface area contributed by atoms with Crippen molar-refractivity contribution in [3.8, 4) is 0 Å². The molecule has 0 fully saturated rings. The van der Waals surface area contributed by atoms with Crippen LogP contribution in [0.4, 0.5) is 26.3 Å². The average molecular weight is 259 g/mol. The first-order valence-electron chi connectivity index (χ1n) is 3.93. The van der Waals surface area contributed by atoms with Crippen LogP contribution in [-0.4, -0.2) is 16.1 Å². The highest BCUT2D eigenvalue weighted by Crippen LogP contribution is 2.33. The third-order valence-corrected chi connectivity index (χ3v) is 1.71. The van der Waals surface area contributed by atoms with Crippen molar-refractivity contribution in [3.05, 3.63) is 28.8 Å². The van der Waals surface area contributed by atoms with Crippen molar-refractivity contribution < 1.29 is 36.2 Å². The number of rotatable bonds is 2. The largest absolute Gasteiger partial charge is 0.478 e. The number of carbonyl (C=O) groups is 1. The van der Waals surface area contributed by atoms with Crippen LogP contribution in [0, 0.1) is 5.82 Å². The monoisotopic (exact) mass is 259 g/mol.